The molecule has 1 N–H and O–H groups in total. The quantitative estimate of drug-likeness (QED) is 0.888. The monoisotopic (exact) mass is 270 g/mol. The van der Waals surface area contributed by atoms with Crippen LogP contribution in [0, 0.1) is 5.92 Å². The van der Waals surface area contributed by atoms with E-state index in [9.17, 15) is 5.11 Å². The van der Waals surface area contributed by atoms with Crippen molar-refractivity contribution >= 4 is 0 Å². The van der Waals surface area contributed by atoms with Crippen LogP contribution in [0.15, 0.2) is 42.5 Å². The lowest BCUT2D eigenvalue weighted by Crippen LogP contribution is -1.94. The summed E-state index contributed by atoms with van der Waals surface area (Å²) in [6.45, 7) is 4.44. The van der Waals surface area contributed by atoms with Crippen molar-refractivity contribution in [3.63, 3.8) is 0 Å². The van der Waals surface area contributed by atoms with Crippen LogP contribution >= 0.6 is 0 Å². The summed E-state index contributed by atoms with van der Waals surface area (Å²) in [6.07, 6.45) is 1.10. The third-order valence-electron chi connectivity index (χ3n) is 3.38. The van der Waals surface area contributed by atoms with E-state index in [1.165, 1.54) is 5.56 Å². The molecule has 0 radical (unpaired) electrons. The van der Waals surface area contributed by atoms with Crippen molar-refractivity contribution < 1.29 is 9.84 Å². The van der Waals surface area contributed by atoms with Crippen LogP contribution in [0.1, 0.15) is 25.0 Å². The highest BCUT2D eigenvalue weighted by molar-refractivity contribution is 5.66. The Hall–Kier alpha value is -1.80. The fourth-order valence-corrected chi connectivity index (χ4v) is 2.39. The van der Waals surface area contributed by atoms with Gasteiger partial charge in [0.15, 0.2) is 0 Å². The zero-order valence-electron chi connectivity index (χ0n) is 12.4. The Morgan fingerprint density at radius 1 is 1.00 bits per heavy atom. The summed E-state index contributed by atoms with van der Waals surface area (Å²) in [5.74, 6) is 1.40. The van der Waals surface area contributed by atoms with Gasteiger partial charge in [0.1, 0.15) is 5.75 Å². The minimum absolute atomic E-state index is 0.0115. The van der Waals surface area contributed by atoms with Gasteiger partial charge in [-0.15, -0.1) is 0 Å². The molecule has 0 bridgehead atoms. The van der Waals surface area contributed by atoms with Crippen LogP contribution in [-0.2, 0) is 13.0 Å². The molecule has 0 amide bonds. The molecule has 2 rings (SSSR count). The highest BCUT2D eigenvalue weighted by atomic mass is 16.5. The van der Waals surface area contributed by atoms with Gasteiger partial charge in [0.2, 0.25) is 0 Å². The van der Waals surface area contributed by atoms with Crippen LogP contribution in [0.5, 0.6) is 5.75 Å². The summed E-state index contributed by atoms with van der Waals surface area (Å²) in [7, 11) is 1.62. The first kappa shape index (κ1) is 14.6. The van der Waals surface area contributed by atoms with Crippen molar-refractivity contribution in [2.75, 3.05) is 7.11 Å². The highest BCUT2D eigenvalue weighted by Crippen LogP contribution is 2.27. The Balaban J connectivity index is 2.27. The van der Waals surface area contributed by atoms with Gasteiger partial charge in [-0.05, 0) is 41.2 Å². The number of benzene rings is 2. The lowest BCUT2D eigenvalue weighted by atomic mass is 9.98. The molecule has 0 aliphatic carbocycles. The number of aliphatic hydroxyl groups excluding tert-OH is 1. The molecule has 2 heteroatoms. The van der Waals surface area contributed by atoms with Crippen molar-refractivity contribution in [3.8, 4) is 16.9 Å². The maximum Gasteiger partial charge on any atom is 0.124 e. The first-order chi connectivity index (χ1) is 9.63. The molecular weight excluding hydrogens is 248 g/mol. The first-order valence-corrected chi connectivity index (χ1v) is 7.01. The van der Waals surface area contributed by atoms with Crippen LogP contribution < -0.4 is 4.74 Å². The Labute approximate surface area is 121 Å². The number of hydrogen-bond donors (Lipinski definition) is 1. The highest BCUT2D eigenvalue weighted by Gasteiger charge is 2.05. The summed E-state index contributed by atoms with van der Waals surface area (Å²) in [5.41, 5.74) is 4.44. The maximum absolute atomic E-state index is 9.38. The number of methoxy groups -OCH3 is 1. The number of ether oxygens (including phenoxy) is 1. The van der Waals surface area contributed by atoms with Crippen LogP contribution in [0.2, 0.25) is 0 Å². The molecule has 20 heavy (non-hydrogen) atoms. The molecule has 0 spiro atoms. The minimum Gasteiger partial charge on any atom is -0.496 e. The van der Waals surface area contributed by atoms with Crippen molar-refractivity contribution in [1.29, 1.82) is 0 Å². The number of rotatable bonds is 5. The molecule has 0 heterocycles. The smallest absolute Gasteiger partial charge is 0.124 e. The predicted octanol–water partition coefficient (Wildman–Crippen LogP) is 4.05. The van der Waals surface area contributed by atoms with E-state index >= 15 is 0 Å². The zero-order chi connectivity index (χ0) is 14.5. The average molecular weight is 270 g/mol. The van der Waals surface area contributed by atoms with Gasteiger partial charge in [-0.25, -0.2) is 0 Å². The van der Waals surface area contributed by atoms with E-state index in [4.69, 9.17) is 4.74 Å². The van der Waals surface area contributed by atoms with Crippen molar-refractivity contribution in [2.45, 2.75) is 26.9 Å². The van der Waals surface area contributed by atoms with Gasteiger partial charge in [0, 0.05) is 5.56 Å². The molecule has 0 fully saturated rings. The first-order valence-electron chi connectivity index (χ1n) is 7.01. The Kier molecular flexibility index (Phi) is 4.80. The summed E-state index contributed by atoms with van der Waals surface area (Å²) in [6, 6.07) is 14.5. The van der Waals surface area contributed by atoms with E-state index in [0.717, 1.165) is 28.9 Å². The maximum atomic E-state index is 9.38. The molecule has 0 saturated heterocycles. The second-order valence-corrected chi connectivity index (χ2v) is 5.48. The lowest BCUT2D eigenvalue weighted by molar-refractivity contribution is 0.274. The standard InChI is InChI=1S/C18H22O2/c1-13(2)10-14-4-6-15(7-5-14)16-8-9-18(20-3)17(11-16)12-19/h4-9,11,13,19H,10,12H2,1-3H3. The minimum atomic E-state index is -0.0115. The molecule has 2 nitrogen and oxygen atoms in total. The van der Waals surface area contributed by atoms with Gasteiger partial charge in [0.25, 0.3) is 0 Å². The van der Waals surface area contributed by atoms with E-state index < -0.39 is 0 Å². The van der Waals surface area contributed by atoms with Crippen LogP contribution in [0.25, 0.3) is 11.1 Å². The van der Waals surface area contributed by atoms with Crippen molar-refractivity contribution in [2.24, 2.45) is 5.92 Å². The van der Waals surface area contributed by atoms with Gasteiger partial charge in [-0.1, -0.05) is 44.2 Å². The van der Waals surface area contributed by atoms with Gasteiger partial charge in [-0.2, -0.15) is 0 Å². The Bertz CT molecular complexity index is 556. The second-order valence-electron chi connectivity index (χ2n) is 5.48. The van der Waals surface area contributed by atoms with E-state index in [1.807, 2.05) is 18.2 Å². The summed E-state index contributed by atoms with van der Waals surface area (Å²) < 4.78 is 5.23. The Morgan fingerprint density at radius 3 is 2.20 bits per heavy atom. The van der Waals surface area contributed by atoms with Crippen LogP contribution in [0.3, 0.4) is 0 Å². The Morgan fingerprint density at radius 2 is 1.65 bits per heavy atom. The zero-order valence-corrected chi connectivity index (χ0v) is 12.4. The van der Waals surface area contributed by atoms with Crippen LogP contribution in [-0.4, -0.2) is 12.2 Å². The molecule has 0 aromatic heterocycles. The molecule has 0 aliphatic heterocycles. The molecule has 106 valence electrons. The molecule has 0 atom stereocenters. The normalized spacial score (nSPS) is 10.8. The molecule has 2 aromatic rings. The van der Waals surface area contributed by atoms with Gasteiger partial charge < -0.3 is 9.84 Å². The predicted molar refractivity (Wildman–Crippen MR) is 82.9 cm³/mol. The lowest BCUT2D eigenvalue weighted by Gasteiger charge is -2.10. The summed E-state index contributed by atoms with van der Waals surface area (Å²) in [4.78, 5) is 0. The number of aliphatic hydroxyl groups is 1. The van der Waals surface area contributed by atoms with E-state index in [0.29, 0.717) is 5.92 Å². The average Bonchev–Trinajstić information content (AvgIpc) is 2.46. The van der Waals surface area contributed by atoms with E-state index in [-0.39, 0.29) is 6.61 Å². The van der Waals surface area contributed by atoms with Crippen LogP contribution in [0.4, 0.5) is 0 Å². The number of hydrogen-bond acceptors (Lipinski definition) is 2. The largest absolute Gasteiger partial charge is 0.496 e. The van der Waals surface area contributed by atoms with E-state index in [2.05, 4.69) is 38.1 Å². The molecule has 0 unspecified atom stereocenters. The summed E-state index contributed by atoms with van der Waals surface area (Å²) in [5, 5.41) is 9.38. The molecule has 0 aliphatic rings. The summed E-state index contributed by atoms with van der Waals surface area (Å²) >= 11 is 0. The van der Waals surface area contributed by atoms with Crippen molar-refractivity contribution in [3.05, 3.63) is 53.6 Å². The van der Waals surface area contributed by atoms with Gasteiger partial charge >= 0.3 is 0 Å². The SMILES string of the molecule is COc1ccc(-c2ccc(CC(C)C)cc2)cc1CO. The van der Waals surface area contributed by atoms with Crippen molar-refractivity contribution in [1.82, 2.24) is 0 Å². The fraction of sp³-hybridized carbons (Fsp3) is 0.333. The third kappa shape index (κ3) is 3.40. The topological polar surface area (TPSA) is 29.5 Å². The van der Waals surface area contributed by atoms with Gasteiger partial charge in [-0.3, -0.25) is 0 Å². The van der Waals surface area contributed by atoms with E-state index in [1.54, 1.807) is 7.11 Å². The molecular formula is C18H22O2. The molecule has 2 aromatic carbocycles. The third-order valence-corrected chi connectivity index (χ3v) is 3.38. The van der Waals surface area contributed by atoms with Gasteiger partial charge in [0.05, 0.1) is 13.7 Å². The second kappa shape index (κ2) is 6.58. The molecule has 0 saturated carbocycles. The fourth-order valence-electron chi connectivity index (χ4n) is 2.39.